The lowest BCUT2D eigenvalue weighted by Crippen LogP contribution is -2.58. The van der Waals surface area contributed by atoms with Crippen molar-refractivity contribution in [3.8, 4) is 17.2 Å². The van der Waals surface area contributed by atoms with Crippen molar-refractivity contribution in [3.63, 3.8) is 0 Å². The van der Waals surface area contributed by atoms with Crippen LogP contribution in [0.3, 0.4) is 0 Å². The van der Waals surface area contributed by atoms with E-state index in [0.29, 0.717) is 54.7 Å². The monoisotopic (exact) mass is 620 g/mol. The minimum atomic E-state index is -0.481. The summed E-state index contributed by atoms with van der Waals surface area (Å²) >= 11 is 0. The second kappa shape index (κ2) is 14.9. The van der Waals surface area contributed by atoms with Gasteiger partial charge in [-0.1, -0.05) is 19.1 Å². The zero-order valence-corrected chi connectivity index (χ0v) is 25.8. The molecule has 0 aliphatic carbocycles. The van der Waals surface area contributed by atoms with Crippen LogP contribution in [-0.4, -0.2) is 91.6 Å². The first-order chi connectivity index (χ1) is 21.8. The second-order valence-corrected chi connectivity index (χ2v) is 11.0. The molecule has 2 aliphatic rings. The lowest BCUT2D eigenvalue weighted by atomic mass is 10.0. The smallest absolute Gasteiger partial charge is 0.315 e. The maximum absolute atomic E-state index is 13.4. The SMILES string of the molecule is CCc1[nH]nc(C(=O)N2CC[C@@H]3NC(=O)NCCNC(=O)c4cc(OCCOC)cc(c4)Oc4cccc(c4)CO[C@H]3C2)c1C. The van der Waals surface area contributed by atoms with Gasteiger partial charge < -0.3 is 39.8 Å². The van der Waals surface area contributed by atoms with Gasteiger partial charge in [-0.3, -0.25) is 14.7 Å². The summed E-state index contributed by atoms with van der Waals surface area (Å²) in [6, 6.07) is 11.7. The highest BCUT2D eigenvalue weighted by molar-refractivity contribution is 5.95. The zero-order valence-electron chi connectivity index (χ0n) is 25.8. The van der Waals surface area contributed by atoms with E-state index < -0.39 is 6.10 Å². The number of fused-ring (bicyclic) bond motifs is 5. The molecular formula is C32H40N6O7. The maximum atomic E-state index is 13.4. The van der Waals surface area contributed by atoms with E-state index in [4.69, 9.17) is 18.9 Å². The number of rotatable bonds is 6. The average molecular weight is 621 g/mol. The number of hydrogen-bond donors (Lipinski definition) is 4. The summed E-state index contributed by atoms with van der Waals surface area (Å²) < 4.78 is 23.4. The van der Waals surface area contributed by atoms with Crippen molar-refractivity contribution in [2.75, 3.05) is 46.5 Å². The highest BCUT2D eigenvalue weighted by atomic mass is 16.5. The Labute approximate surface area is 261 Å². The number of H-pyrrole nitrogens is 1. The topological polar surface area (TPSA) is 156 Å². The lowest BCUT2D eigenvalue weighted by molar-refractivity contribution is -0.0237. The van der Waals surface area contributed by atoms with Gasteiger partial charge in [0.15, 0.2) is 5.69 Å². The number of ether oxygens (including phenoxy) is 4. The Morgan fingerprint density at radius 2 is 1.93 bits per heavy atom. The molecule has 45 heavy (non-hydrogen) atoms. The Kier molecular flexibility index (Phi) is 10.5. The molecule has 0 saturated carbocycles. The number of piperidine rings is 1. The number of hydrogen-bond acceptors (Lipinski definition) is 8. The van der Waals surface area contributed by atoms with Crippen LogP contribution >= 0.6 is 0 Å². The molecule has 1 saturated heterocycles. The number of aryl methyl sites for hydroxylation is 1. The molecule has 0 unspecified atom stereocenters. The van der Waals surface area contributed by atoms with Gasteiger partial charge in [-0.15, -0.1) is 0 Å². The van der Waals surface area contributed by atoms with E-state index in [0.717, 1.165) is 23.2 Å². The van der Waals surface area contributed by atoms with Crippen molar-refractivity contribution in [2.45, 2.75) is 45.4 Å². The first-order valence-electron chi connectivity index (χ1n) is 15.2. The lowest BCUT2D eigenvalue weighted by Gasteiger charge is -2.38. The molecule has 1 fully saturated rings. The number of nitrogens with zero attached hydrogens (tertiary/aromatic N) is 2. The molecule has 0 radical (unpaired) electrons. The summed E-state index contributed by atoms with van der Waals surface area (Å²) in [6.45, 7) is 5.94. The van der Waals surface area contributed by atoms with E-state index >= 15 is 0 Å². The summed E-state index contributed by atoms with van der Waals surface area (Å²) in [7, 11) is 1.58. The highest BCUT2D eigenvalue weighted by Gasteiger charge is 2.35. The molecule has 240 valence electrons. The summed E-state index contributed by atoms with van der Waals surface area (Å²) in [6.07, 6.45) is 0.766. The van der Waals surface area contributed by atoms with E-state index in [1.54, 1.807) is 30.2 Å². The minimum absolute atomic E-state index is 0.173. The second-order valence-electron chi connectivity index (χ2n) is 11.0. The van der Waals surface area contributed by atoms with Crippen LogP contribution in [0, 0.1) is 6.92 Å². The zero-order chi connectivity index (χ0) is 31.8. The number of carbonyl (C=O) groups is 3. The molecule has 13 heteroatoms. The van der Waals surface area contributed by atoms with Gasteiger partial charge in [0, 0.05) is 56.2 Å². The first-order valence-corrected chi connectivity index (χ1v) is 15.2. The number of aromatic nitrogens is 2. The van der Waals surface area contributed by atoms with Crippen molar-refractivity contribution in [2.24, 2.45) is 0 Å². The van der Waals surface area contributed by atoms with Crippen LogP contribution in [-0.2, 0) is 22.5 Å². The maximum Gasteiger partial charge on any atom is 0.315 e. The molecule has 3 heterocycles. The van der Waals surface area contributed by atoms with Crippen LogP contribution in [0.1, 0.15) is 51.0 Å². The van der Waals surface area contributed by atoms with Crippen LogP contribution in [0.2, 0.25) is 0 Å². The van der Waals surface area contributed by atoms with Crippen LogP contribution in [0.15, 0.2) is 42.5 Å². The summed E-state index contributed by atoms with van der Waals surface area (Å²) in [4.78, 5) is 41.0. The molecule has 3 aromatic rings. The van der Waals surface area contributed by atoms with Gasteiger partial charge >= 0.3 is 6.03 Å². The summed E-state index contributed by atoms with van der Waals surface area (Å²) in [5, 5.41) is 15.9. The number of nitrogens with one attached hydrogen (secondary N) is 4. The van der Waals surface area contributed by atoms with Crippen LogP contribution < -0.4 is 25.4 Å². The van der Waals surface area contributed by atoms with Gasteiger partial charge in [-0.05, 0) is 49.6 Å². The van der Waals surface area contributed by atoms with Gasteiger partial charge in [0.25, 0.3) is 11.8 Å². The number of benzene rings is 2. The van der Waals surface area contributed by atoms with E-state index in [2.05, 4.69) is 26.1 Å². The first kappa shape index (κ1) is 31.8. The van der Waals surface area contributed by atoms with Gasteiger partial charge in [0.1, 0.15) is 23.9 Å². The third-order valence-corrected chi connectivity index (χ3v) is 7.82. The normalized spacial score (nSPS) is 19.1. The number of aromatic amines is 1. The predicted octanol–water partition coefficient (Wildman–Crippen LogP) is 2.94. The Morgan fingerprint density at radius 3 is 2.73 bits per heavy atom. The van der Waals surface area contributed by atoms with Crippen molar-refractivity contribution >= 4 is 17.8 Å². The fourth-order valence-electron chi connectivity index (χ4n) is 5.37. The van der Waals surface area contributed by atoms with Gasteiger partial charge in [-0.2, -0.15) is 5.10 Å². The Balaban J connectivity index is 1.37. The molecule has 2 aromatic carbocycles. The van der Waals surface area contributed by atoms with E-state index in [1.165, 1.54) is 0 Å². The summed E-state index contributed by atoms with van der Waals surface area (Å²) in [5.41, 5.74) is 3.36. The third-order valence-electron chi connectivity index (χ3n) is 7.82. The van der Waals surface area contributed by atoms with E-state index in [1.807, 2.05) is 38.1 Å². The molecule has 0 spiro atoms. The number of methoxy groups -OCH3 is 1. The predicted molar refractivity (Wildman–Crippen MR) is 165 cm³/mol. The Morgan fingerprint density at radius 1 is 1.09 bits per heavy atom. The largest absolute Gasteiger partial charge is 0.491 e. The molecule has 4 bridgehead atoms. The molecule has 4 amide bonds. The van der Waals surface area contributed by atoms with E-state index in [9.17, 15) is 14.4 Å². The fraction of sp³-hybridized carbons (Fsp3) is 0.438. The minimum Gasteiger partial charge on any atom is -0.491 e. The molecule has 2 atom stereocenters. The van der Waals surface area contributed by atoms with Crippen molar-refractivity contribution in [1.82, 2.24) is 31.0 Å². The highest BCUT2D eigenvalue weighted by Crippen LogP contribution is 2.29. The third kappa shape index (κ3) is 8.11. The van der Waals surface area contributed by atoms with Crippen LogP contribution in [0.5, 0.6) is 17.2 Å². The molecule has 1 aromatic heterocycles. The average Bonchev–Trinajstić information content (AvgIpc) is 3.42. The molecule has 4 N–H and O–H groups in total. The molecule has 2 aliphatic heterocycles. The van der Waals surface area contributed by atoms with Gasteiger partial charge in [0.05, 0.1) is 25.4 Å². The van der Waals surface area contributed by atoms with Crippen molar-refractivity contribution < 1.29 is 33.3 Å². The fourth-order valence-corrected chi connectivity index (χ4v) is 5.37. The number of likely N-dealkylation sites (tertiary alicyclic amines) is 1. The molecule has 5 rings (SSSR count). The number of carbonyl (C=O) groups excluding carboxylic acids is 3. The van der Waals surface area contributed by atoms with Crippen molar-refractivity contribution in [1.29, 1.82) is 0 Å². The Bertz CT molecular complexity index is 1510. The van der Waals surface area contributed by atoms with Gasteiger partial charge in [0.2, 0.25) is 0 Å². The quantitative estimate of drug-likeness (QED) is 0.307. The Hall–Kier alpha value is -4.62. The molecular weight excluding hydrogens is 580 g/mol. The van der Waals surface area contributed by atoms with Crippen LogP contribution in [0.25, 0.3) is 0 Å². The van der Waals surface area contributed by atoms with Crippen LogP contribution in [0.4, 0.5) is 4.79 Å². The number of urea groups is 1. The number of amides is 4. The van der Waals surface area contributed by atoms with Crippen molar-refractivity contribution in [3.05, 3.63) is 70.5 Å². The van der Waals surface area contributed by atoms with Gasteiger partial charge in [-0.25, -0.2) is 4.79 Å². The standard InChI is InChI=1S/C32H40N6O7/c1-4-26-20(2)29(37-36-26)31(40)38-11-8-27-28(18-38)44-19-21-6-5-7-23(14-21)45-25-16-22(15-24(17-25)43-13-12-42-3)30(39)33-9-10-34-32(41)35-27/h5-7,14-17,27-28H,4,8-13,18-19H2,1-3H3,(H,33,39)(H,36,37)(H2,34,35,41)/t27-,28-/m0/s1. The van der Waals surface area contributed by atoms with E-state index in [-0.39, 0.29) is 50.1 Å². The molecule has 13 nitrogen and oxygen atoms in total. The summed E-state index contributed by atoms with van der Waals surface area (Å²) in [5.74, 6) is 0.923.